The minimum atomic E-state index is 0.739. The summed E-state index contributed by atoms with van der Waals surface area (Å²) < 4.78 is 2.17. The average Bonchev–Trinajstić information content (AvgIpc) is 3.14. The van der Waals surface area contributed by atoms with Crippen LogP contribution in [0, 0.1) is 5.92 Å². The van der Waals surface area contributed by atoms with Crippen molar-refractivity contribution in [2.75, 3.05) is 24.5 Å². The summed E-state index contributed by atoms with van der Waals surface area (Å²) in [6.07, 6.45) is 8.51. The van der Waals surface area contributed by atoms with Crippen molar-refractivity contribution >= 4 is 16.5 Å². The Morgan fingerprint density at radius 2 is 1.88 bits per heavy atom. The smallest absolute Gasteiger partial charge is 0.218 e. The maximum Gasteiger partial charge on any atom is 0.218 e. The van der Waals surface area contributed by atoms with Crippen LogP contribution in [0.25, 0.3) is 5.13 Å². The molecule has 0 atom stereocenters. The van der Waals surface area contributed by atoms with E-state index >= 15 is 0 Å². The number of nitrogens with one attached hydrogen (secondary N) is 1. The second-order valence-electron chi connectivity index (χ2n) is 7.00. The van der Waals surface area contributed by atoms with E-state index in [0.29, 0.717) is 0 Å². The van der Waals surface area contributed by atoms with Gasteiger partial charge in [-0.15, -0.1) is 10.2 Å². The van der Waals surface area contributed by atoms with Crippen LogP contribution in [0.1, 0.15) is 51.6 Å². The lowest BCUT2D eigenvalue weighted by molar-refractivity contribution is 0.533. The van der Waals surface area contributed by atoms with E-state index in [1.165, 1.54) is 37.8 Å². The minimum absolute atomic E-state index is 0.739. The molecule has 1 N–H and O–H groups in total. The van der Waals surface area contributed by atoms with E-state index in [1.54, 1.807) is 11.3 Å². The Bertz CT molecular complexity index is 610. The van der Waals surface area contributed by atoms with Crippen LogP contribution in [0.15, 0.2) is 18.3 Å². The molecule has 0 aliphatic carbocycles. The highest BCUT2D eigenvalue weighted by Gasteiger charge is 2.16. The number of hydrogen-bond acceptors (Lipinski definition) is 5. The second-order valence-corrected chi connectivity index (χ2v) is 7.93. The fourth-order valence-electron chi connectivity index (χ4n) is 3.05. The van der Waals surface area contributed by atoms with Gasteiger partial charge in [-0.05, 0) is 43.9 Å². The molecule has 6 heteroatoms. The van der Waals surface area contributed by atoms with E-state index in [2.05, 4.69) is 57.2 Å². The SMILES string of the molecule is CC(C)CCNCc1cccn1-c1nnc(N2CCCCCC2)s1. The largest absolute Gasteiger partial charge is 0.347 e. The summed E-state index contributed by atoms with van der Waals surface area (Å²) in [7, 11) is 0. The maximum atomic E-state index is 4.45. The van der Waals surface area contributed by atoms with E-state index in [4.69, 9.17) is 0 Å². The lowest BCUT2D eigenvalue weighted by Gasteiger charge is -2.17. The van der Waals surface area contributed by atoms with Crippen molar-refractivity contribution in [1.29, 1.82) is 0 Å². The van der Waals surface area contributed by atoms with Gasteiger partial charge in [0, 0.05) is 31.5 Å². The molecule has 1 fully saturated rings. The van der Waals surface area contributed by atoms with Crippen LogP contribution < -0.4 is 10.2 Å². The highest BCUT2D eigenvalue weighted by Crippen LogP contribution is 2.26. The summed E-state index contributed by atoms with van der Waals surface area (Å²) in [5, 5.41) is 14.5. The van der Waals surface area contributed by atoms with E-state index in [9.17, 15) is 0 Å². The molecular formula is C18H29N5S. The van der Waals surface area contributed by atoms with E-state index in [-0.39, 0.29) is 0 Å². The van der Waals surface area contributed by atoms with Gasteiger partial charge in [0.25, 0.3) is 0 Å². The van der Waals surface area contributed by atoms with Gasteiger partial charge in [-0.1, -0.05) is 38.0 Å². The first-order valence-electron chi connectivity index (χ1n) is 9.20. The van der Waals surface area contributed by atoms with Gasteiger partial charge in [0.2, 0.25) is 10.3 Å². The van der Waals surface area contributed by atoms with Crippen molar-refractivity contribution in [1.82, 2.24) is 20.1 Å². The lowest BCUT2D eigenvalue weighted by atomic mass is 10.1. The first kappa shape index (κ1) is 17.4. The zero-order valence-corrected chi connectivity index (χ0v) is 15.7. The summed E-state index contributed by atoms with van der Waals surface area (Å²) in [5.74, 6) is 0.739. The Labute approximate surface area is 149 Å². The van der Waals surface area contributed by atoms with Crippen LogP contribution in [-0.4, -0.2) is 34.4 Å². The fraction of sp³-hybridized carbons (Fsp3) is 0.667. The standard InChI is InChI=1S/C18H29N5S/c1-15(2)9-10-19-14-16-8-7-13-23(16)18-21-20-17(24-18)22-11-5-3-4-6-12-22/h7-8,13,15,19H,3-6,9-12,14H2,1-2H3. The molecule has 5 nitrogen and oxygen atoms in total. The van der Waals surface area contributed by atoms with E-state index in [1.807, 2.05) is 0 Å². The van der Waals surface area contributed by atoms with Gasteiger partial charge in [0.15, 0.2) is 0 Å². The molecule has 0 spiro atoms. The Kier molecular flexibility index (Phi) is 6.26. The van der Waals surface area contributed by atoms with Gasteiger partial charge in [0.1, 0.15) is 0 Å². The predicted molar refractivity (Wildman–Crippen MR) is 101 cm³/mol. The Balaban J connectivity index is 1.63. The molecule has 24 heavy (non-hydrogen) atoms. The van der Waals surface area contributed by atoms with E-state index < -0.39 is 0 Å². The van der Waals surface area contributed by atoms with Crippen molar-refractivity contribution in [3.8, 4) is 5.13 Å². The van der Waals surface area contributed by atoms with Gasteiger partial charge in [-0.25, -0.2) is 0 Å². The number of rotatable bonds is 7. The molecule has 2 aromatic heterocycles. The zero-order chi connectivity index (χ0) is 16.8. The van der Waals surface area contributed by atoms with Crippen LogP contribution >= 0.6 is 11.3 Å². The van der Waals surface area contributed by atoms with Crippen molar-refractivity contribution in [2.45, 2.75) is 52.5 Å². The van der Waals surface area contributed by atoms with Crippen LogP contribution in [0.5, 0.6) is 0 Å². The number of aromatic nitrogens is 3. The monoisotopic (exact) mass is 347 g/mol. The number of hydrogen-bond donors (Lipinski definition) is 1. The molecule has 0 bridgehead atoms. The van der Waals surface area contributed by atoms with Gasteiger partial charge in [0.05, 0.1) is 0 Å². The highest BCUT2D eigenvalue weighted by atomic mass is 32.1. The molecule has 0 radical (unpaired) electrons. The molecule has 3 rings (SSSR count). The topological polar surface area (TPSA) is 46.0 Å². The van der Waals surface area contributed by atoms with Crippen LogP contribution in [0.3, 0.4) is 0 Å². The summed E-state index contributed by atoms with van der Waals surface area (Å²) in [6, 6.07) is 4.25. The highest BCUT2D eigenvalue weighted by molar-refractivity contribution is 7.17. The molecule has 0 unspecified atom stereocenters. The van der Waals surface area contributed by atoms with Crippen LogP contribution in [-0.2, 0) is 6.54 Å². The summed E-state index contributed by atoms with van der Waals surface area (Å²) >= 11 is 1.70. The predicted octanol–water partition coefficient (Wildman–Crippen LogP) is 3.84. The van der Waals surface area contributed by atoms with Crippen LogP contribution in [0.4, 0.5) is 5.13 Å². The zero-order valence-electron chi connectivity index (χ0n) is 14.9. The third kappa shape index (κ3) is 4.57. The lowest BCUT2D eigenvalue weighted by Crippen LogP contribution is -2.23. The third-order valence-corrected chi connectivity index (χ3v) is 5.51. The normalized spacial score (nSPS) is 15.9. The second kappa shape index (κ2) is 8.62. The molecule has 0 amide bonds. The third-order valence-electron chi connectivity index (χ3n) is 4.52. The Morgan fingerprint density at radius 1 is 1.12 bits per heavy atom. The van der Waals surface area contributed by atoms with Gasteiger partial charge >= 0.3 is 0 Å². The van der Waals surface area contributed by atoms with Crippen LogP contribution in [0.2, 0.25) is 0 Å². The first-order valence-corrected chi connectivity index (χ1v) is 10.0. The molecule has 132 valence electrons. The van der Waals surface area contributed by atoms with E-state index in [0.717, 1.165) is 42.4 Å². The molecule has 1 aliphatic rings. The van der Waals surface area contributed by atoms with Gasteiger partial charge in [-0.2, -0.15) is 0 Å². The summed E-state index contributed by atoms with van der Waals surface area (Å²) in [6.45, 7) is 8.68. The number of anilines is 1. The molecular weight excluding hydrogens is 318 g/mol. The minimum Gasteiger partial charge on any atom is -0.347 e. The molecule has 2 aromatic rings. The molecule has 1 saturated heterocycles. The Morgan fingerprint density at radius 3 is 2.62 bits per heavy atom. The maximum absolute atomic E-state index is 4.45. The average molecular weight is 348 g/mol. The van der Waals surface area contributed by atoms with Gasteiger partial charge in [-0.3, -0.25) is 4.57 Å². The van der Waals surface area contributed by atoms with Crippen molar-refractivity contribution in [3.05, 3.63) is 24.0 Å². The molecule has 3 heterocycles. The van der Waals surface area contributed by atoms with Crippen molar-refractivity contribution in [2.24, 2.45) is 5.92 Å². The van der Waals surface area contributed by atoms with Gasteiger partial charge < -0.3 is 10.2 Å². The summed E-state index contributed by atoms with van der Waals surface area (Å²) in [5.41, 5.74) is 1.25. The van der Waals surface area contributed by atoms with Crippen molar-refractivity contribution < 1.29 is 0 Å². The first-order chi connectivity index (χ1) is 11.7. The molecule has 0 aromatic carbocycles. The fourth-order valence-corrected chi connectivity index (χ4v) is 3.96. The molecule has 1 aliphatic heterocycles. The number of nitrogens with zero attached hydrogens (tertiary/aromatic N) is 4. The Hall–Kier alpha value is -1.40. The quantitative estimate of drug-likeness (QED) is 0.773. The molecule has 0 saturated carbocycles. The summed E-state index contributed by atoms with van der Waals surface area (Å²) in [4.78, 5) is 2.40. The van der Waals surface area contributed by atoms with Crippen molar-refractivity contribution in [3.63, 3.8) is 0 Å².